The molecule has 1 unspecified atom stereocenters. The van der Waals surface area contributed by atoms with Gasteiger partial charge in [-0.05, 0) is 24.6 Å². The minimum absolute atomic E-state index is 0.0832. The van der Waals surface area contributed by atoms with Crippen LogP contribution in [0.4, 0.5) is 0 Å². The molecule has 30 heavy (non-hydrogen) atoms. The molecule has 7 nitrogen and oxygen atoms in total. The highest BCUT2D eigenvalue weighted by Gasteiger charge is 2.20. The first-order valence-electron chi connectivity index (χ1n) is 9.46. The molecule has 0 saturated carbocycles. The van der Waals surface area contributed by atoms with Crippen LogP contribution in [-0.2, 0) is 11.3 Å². The van der Waals surface area contributed by atoms with Crippen LogP contribution in [0, 0.1) is 0 Å². The molecule has 1 N–H and O–H groups in total. The summed E-state index contributed by atoms with van der Waals surface area (Å²) in [5.74, 6) is 0.927. The lowest BCUT2D eigenvalue weighted by Gasteiger charge is -2.17. The third-order valence-electron chi connectivity index (χ3n) is 4.44. The standard InChI is InChI=1S/C21H20N6OS2/c1-2-27-19(16-8-10-22-11-9-16)25-26-21(27)30-14-17(28)24-18(20-23-12-13-29-20)15-6-4-3-5-7-15/h3-13,18H,2,14H2,1H3,(H,24,28). The number of thiazole rings is 1. The van der Waals surface area contributed by atoms with E-state index in [0.29, 0.717) is 11.7 Å². The molecular formula is C21H20N6OS2. The minimum Gasteiger partial charge on any atom is -0.342 e. The van der Waals surface area contributed by atoms with Crippen LogP contribution in [-0.4, -0.2) is 36.4 Å². The van der Waals surface area contributed by atoms with Gasteiger partial charge in [0.2, 0.25) is 5.91 Å². The number of thioether (sulfide) groups is 1. The normalized spacial score (nSPS) is 11.9. The van der Waals surface area contributed by atoms with Crippen LogP contribution >= 0.6 is 23.1 Å². The fourth-order valence-corrected chi connectivity index (χ4v) is 4.57. The van der Waals surface area contributed by atoms with Crippen molar-refractivity contribution in [3.8, 4) is 11.4 Å². The second-order valence-corrected chi connectivity index (χ2v) is 8.23. The molecule has 1 aromatic carbocycles. The van der Waals surface area contributed by atoms with Crippen molar-refractivity contribution in [2.24, 2.45) is 0 Å². The van der Waals surface area contributed by atoms with Crippen molar-refractivity contribution in [1.82, 2.24) is 30.0 Å². The quantitative estimate of drug-likeness (QED) is 0.423. The number of amides is 1. The van der Waals surface area contributed by atoms with Crippen LogP contribution in [0.3, 0.4) is 0 Å². The number of carbonyl (C=O) groups is 1. The summed E-state index contributed by atoms with van der Waals surface area (Å²) >= 11 is 2.90. The Hall–Kier alpha value is -3.04. The highest BCUT2D eigenvalue weighted by atomic mass is 32.2. The van der Waals surface area contributed by atoms with Crippen LogP contribution in [0.25, 0.3) is 11.4 Å². The summed E-state index contributed by atoms with van der Waals surface area (Å²) in [7, 11) is 0. The molecule has 0 aliphatic rings. The lowest BCUT2D eigenvalue weighted by molar-refractivity contribution is -0.119. The molecule has 4 rings (SSSR count). The van der Waals surface area contributed by atoms with Gasteiger partial charge in [-0.2, -0.15) is 0 Å². The topological polar surface area (TPSA) is 85.6 Å². The van der Waals surface area contributed by atoms with E-state index in [1.165, 1.54) is 23.1 Å². The molecule has 3 aromatic heterocycles. The predicted molar refractivity (Wildman–Crippen MR) is 118 cm³/mol. The van der Waals surface area contributed by atoms with E-state index in [1.54, 1.807) is 18.6 Å². The summed E-state index contributed by atoms with van der Waals surface area (Å²) in [6.07, 6.45) is 5.21. The molecule has 9 heteroatoms. The zero-order valence-electron chi connectivity index (χ0n) is 16.3. The monoisotopic (exact) mass is 436 g/mol. The Morgan fingerprint density at radius 1 is 1.13 bits per heavy atom. The first-order chi connectivity index (χ1) is 14.8. The summed E-state index contributed by atoms with van der Waals surface area (Å²) in [6.45, 7) is 2.74. The zero-order valence-corrected chi connectivity index (χ0v) is 17.9. The Morgan fingerprint density at radius 2 is 1.93 bits per heavy atom. The second kappa shape index (κ2) is 9.64. The minimum atomic E-state index is -0.268. The number of nitrogens with one attached hydrogen (secondary N) is 1. The summed E-state index contributed by atoms with van der Waals surface area (Å²) in [5.41, 5.74) is 1.95. The third-order valence-corrected chi connectivity index (χ3v) is 6.25. The van der Waals surface area contributed by atoms with Gasteiger partial charge in [-0.3, -0.25) is 9.78 Å². The SMILES string of the molecule is CCn1c(SCC(=O)NC(c2ccccc2)c2nccs2)nnc1-c1ccncc1. The number of hydrogen-bond acceptors (Lipinski definition) is 7. The maximum absolute atomic E-state index is 12.8. The van der Waals surface area contributed by atoms with E-state index in [2.05, 4.69) is 25.5 Å². The Kier molecular flexibility index (Phi) is 6.50. The third kappa shape index (κ3) is 4.58. The fourth-order valence-electron chi connectivity index (χ4n) is 3.04. The molecule has 0 aliphatic carbocycles. The van der Waals surface area contributed by atoms with Gasteiger partial charge in [-0.15, -0.1) is 21.5 Å². The number of carbonyl (C=O) groups excluding carboxylic acids is 1. The molecule has 0 saturated heterocycles. The molecule has 0 radical (unpaired) electrons. The number of pyridine rings is 1. The molecule has 1 atom stereocenters. The molecule has 0 aliphatic heterocycles. The van der Waals surface area contributed by atoms with E-state index in [9.17, 15) is 4.79 Å². The molecule has 0 bridgehead atoms. The number of aromatic nitrogens is 5. The Labute approximate surface area is 182 Å². The van der Waals surface area contributed by atoms with E-state index >= 15 is 0 Å². The summed E-state index contributed by atoms with van der Waals surface area (Å²) in [6, 6.07) is 13.4. The van der Waals surface area contributed by atoms with Crippen molar-refractivity contribution in [3.05, 3.63) is 77.0 Å². The van der Waals surface area contributed by atoms with Crippen LogP contribution in [0.5, 0.6) is 0 Å². The summed E-state index contributed by atoms with van der Waals surface area (Å²) in [4.78, 5) is 21.2. The van der Waals surface area contributed by atoms with Crippen molar-refractivity contribution in [3.63, 3.8) is 0 Å². The van der Waals surface area contributed by atoms with Crippen molar-refractivity contribution >= 4 is 29.0 Å². The maximum atomic E-state index is 12.8. The number of nitrogens with zero attached hydrogens (tertiary/aromatic N) is 5. The molecular weight excluding hydrogens is 416 g/mol. The summed E-state index contributed by atoms with van der Waals surface area (Å²) in [5, 5.41) is 15.2. The highest BCUT2D eigenvalue weighted by molar-refractivity contribution is 7.99. The Balaban J connectivity index is 1.46. The van der Waals surface area contributed by atoms with E-state index in [-0.39, 0.29) is 17.7 Å². The van der Waals surface area contributed by atoms with Gasteiger partial charge in [0.1, 0.15) is 11.0 Å². The number of rotatable bonds is 8. The van der Waals surface area contributed by atoms with Crippen molar-refractivity contribution in [2.45, 2.75) is 24.7 Å². The fraction of sp³-hybridized carbons (Fsp3) is 0.190. The smallest absolute Gasteiger partial charge is 0.231 e. The van der Waals surface area contributed by atoms with Gasteiger partial charge in [0, 0.05) is 36.1 Å². The van der Waals surface area contributed by atoms with Gasteiger partial charge in [0.25, 0.3) is 0 Å². The molecule has 152 valence electrons. The van der Waals surface area contributed by atoms with Gasteiger partial charge in [0.05, 0.1) is 5.75 Å². The van der Waals surface area contributed by atoms with Crippen LogP contribution < -0.4 is 5.32 Å². The van der Waals surface area contributed by atoms with Gasteiger partial charge >= 0.3 is 0 Å². The molecule has 4 aromatic rings. The van der Waals surface area contributed by atoms with Crippen molar-refractivity contribution in [1.29, 1.82) is 0 Å². The van der Waals surface area contributed by atoms with E-state index in [4.69, 9.17) is 0 Å². The van der Waals surface area contributed by atoms with Gasteiger partial charge in [0.15, 0.2) is 11.0 Å². The Bertz CT molecular complexity index is 1080. The molecule has 1 amide bonds. The summed E-state index contributed by atoms with van der Waals surface area (Å²) < 4.78 is 2.00. The molecule has 3 heterocycles. The average molecular weight is 437 g/mol. The second-order valence-electron chi connectivity index (χ2n) is 6.36. The average Bonchev–Trinajstić information content (AvgIpc) is 3.47. The highest BCUT2D eigenvalue weighted by Crippen LogP contribution is 2.26. The predicted octanol–water partition coefficient (Wildman–Crippen LogP) is 3.81. The zero-order chi connectivity index (χ0) is 20.8. The first-order valence-corrected chi connectivity index (χ1v) is 11.3. The van der Waals surface area contributed by atoms with Crippen molar-refractivity contribution in [2.75, 3.05) is 5.75 Å². The Morgan fingerprint density at radius 3 is 2.63 bits per heavy atom. The van der Waals surface area contributed by atoms with E-state index in [0.717, 1.165) is 22.0 Å². The van der Waals surface area contributed by atoms with Crippen LogP contribution in [0.2, 0.25) is 0 Å². The van der Waals surface area contributed by atoms with Crippen LogP contribution in [0.1, 0.15) is 23.5 Å². The van der Waals surface area contributed by atoms with Crippen LogP contribution in [0.15, 0.2) is 71.6 Å². The van der Waals surface area contributed by atoms with Gasteiger partial charge in [-0.25, -0.2) is 4.98 Å². The van der Waals surface area contributed by atoms with Gasteiger partial charge < -0.3 is 9.88 Å². The van der Waals surface area contributed by atoms with Gasteiger partial charge in [-0.1, -0.05) is 42.1 Å². The van der Waals surface area contributed by atoms with E-state index in [1.807, 2.05) is 59.3 Å². The van der Waals surface area contributed by atoms with Crippen molar-refractivity contribution < 1.29 is 4.79 Å². The number of benzene rings is 1. The first kappa shape index (κ1) is 20.2. The maximum Gasteiger partial charge on any atom is 0.231 e. The lowest BCUT2D eigenvalue weighted by atomic mass is 10.1. The largest absolute Gasteiger partial charge is 0.342 e. The molecule has 0 spiro atoms. The van der Waals surface area contributed by atoms with E-state index < -0.39 is 0 Å². The lowest BCUT2D eigenvalue weighted by Crippen LogP contribution is -2.30. The molecule has 0 fully saturated rings. The number of hydrogen-bond donors (Lipinski definition) is 1.